The van der Waals surface area contributed by atoms with Crippen LogP contribution >= 0.6 is 0 Å². The van der Waals surface area contributed by atoms with Gasteiger partial charge in [0.25, 0.3) is 10.2 Å². The smallest absolute Gasteiger partial charge is 0.350 e. The van der Waals surface area contributed by atoms with Crippen molar-refractivity contribution >= 4 is 22.0 Å². The highest BCUT2D eigenvalue weighted by atomic mass is 32.2. The number of carbonyl (C=O) groups is 2. The quantitative estimate of drug-likeness (QED) is 0.567. The lowest BCUT2D eigenvalue weighted by molar-refractivity contribution is -0.145. The number of rotatable bonds is 6. The van der Waals surface area contributed by atoms with Gasteiger partial charge in [0.2, 0.25) is 17.6 Å². The molecule has 2 amide bonds. The monoisotopic (exact) mass is 529 g/mol. The largest absolute Gasteiger partial charge is 0.451 e. The van der Waals surface area contributed by atoms with Gasteiger partial charge in [-0.2, -0.15) is 35.5 Å². The van der Waals surface area contributed by atoms with Gasteiger partial charge in [-0.3, -0.25) is 9.59 Å². The van der Waals surface area contributed by atoms with Crippen LogP contribution in [-0.2, 0) is 32.5 Å². The molecule has 0 spiro atoms. The molecule has 3 aliphatic rings. The van der Waals surface area contributed by atoms with Crippen molar-refractivity contribution in [2.75, 3.05) is 32.7 Å². The first-order valence-electron chi connectivity index (χ1n) is 11.6. The number of nitrogens with one attached hydrogen (secondary N) is 1. The molecule has 3 aliphatic heterocycles. The van der Waals surface area contributed by atoms with Crippen LogP contribution in [0.25, 0.3) is 0 Å². The van der Waals surface area contributed by atoms with Crippen LogP contribution in [0.3, 0.4) is 0 Å². The summed E-state index contributed by atoms with van der Waals surface area (Å²) < 4.78 is 66.1. The van der Waals surface area contributed by atoms with Crippen LogP contribution in [0.4, 0.5) is 13.2 Å². The number of hydrogen-bond donors (Lipinski definition) is 1. The summed E-state index contributed by atoms with van der Waals surface area (Å²) in [6, 6.07) is 1.30. The molecule has 4 heterocycles. The number of halogens is 3. The molecule has 2 atom stereocenters. The molecule has 1 aromatic heterocycles. The van der Waals surface area contributed by atoms with Gasteiger partial charge < -0.3 is 10.2 Å². The van der Waals surface area contributed by atoms with Crippen molar-refractivity contribution in [1.82, 2.24) is 28.8 Å². The van der Waals surface area contributed by atoms with Crippen LogP contribution in [-0.4, -0.2) is 82.5 Å². The van der Waals surface area contributed by atoms with Gasteiger partial charge >= 0.3 is 6.18 Å². The first-order chi connectivity index (χ1) is 17.0. The molecule has 0 bridgehead atoms. The Balaban J connectivity index is 1.34. The summed E-state index contributed by atoms with van der Waals surface area (Å²) >= 11 is 0. The highest BCUT2D eigenvalue weighted by Crippen LogP contribution is 2.29. The number of carbonyl (C=O) groups excluding carboxylic acids is 2. The molecular formula is C21H26F3N7O4S. The number of nitrogens with zero attached hydrogens (tertiary/aromatic N) is 6. The van der Waals surface area contributed by atoms with Crippen LogP contribution in [0.1, 0.15) is 37.1 Å². The zero-order valence-corrected chi connectivity index (χ0v) is 20.1. The summed E-state index contributed by atoms with van der Waals surface area (Å²) in [7, 11) is -3.76. The van der Waals surface area contributed by atoms with E-state index in [0.29, 0.717) is 38.8 Å². The number of hydrogen-bond acceptors (Lipinski definition) is 7. The zero-order valence-electron chi connectivity index (χ0n) is 19.3. The Kier molecular flexibility index (Phi) is 7.48. The molecule has 1 N–H and O–H groups in total. The lowest BCUT2D eigenvalue weighted by Crippen LogP contribution is -2.57. The molecule has 0 aromatic carbocycles. The third kappa shape index (κ3) is 5.45. The second-order valence-electron chi connectivity index (χ2n) is 9.17. The number of piperidine rings is 1. The van der Waals surface area contributed by atoms with Gasteiger partial charge in [0.1, 0.15) is 6.04 Å². The highest BCUT2D eigenvalue weighted by Gasteiger charge is 2.44. The van der Waals surface area contributed by atoms with Crippen LogP contribution in [0.15, 0.2) is 12.4 Å². The molecule has 0 aliphatic carbocycles. The summed E-state index contributed by atoms with van der Waals surface area (Å²) in [6.07, 6.45) is -0.647. The minimum atomic E-state index is -4.66. The van der Waals surface area contributed by atoms with Crippen molar-refractivity contribution < 1.29 is 31.2 Å². The highest BCUT2D eigenvalue weighted by molar-refractivity contribution is 7.86. The Hall–Kier alpha value is -2.83. The fourth-order valence-corrected chi connectivity index (χ4v) is 6.45. The Labute approximate surface area is 206 Å². The van der Waals surface area contributed by atoms with Crippen LogP contribution < -0.4 is 5.32 Å². The van der Waals surface area contributed by atoms with Gasteiger partial charge in [0.05, 0.1) is 17.9 Å². The molecule has 15 heteroatoms. The van der Waals surface area contributed by atoms with Gasteiger partial charge in [0, 0.05) is 57.2 Å². The fraction of sp³-hybridized carbons (Fsp3) is 0.667. The molecule has 36 heavy (non-hydrogen) atoms. The fourth-order valence-electron chi connectivity index (χ4n) is 4.66. The molecule has 0 saturated carbocycles. The standard InChI is InChI=1S/C21H26F3N7O4S/c22-21(23,24)20-27-9-15(10-28-20)8-26-18(32)17-4-2-6-31(17)19(33)16-3-1-5-29(13-16)36(34,35)30-11-14(7-25)12-30/h9-10,14,16-17H,1-6,8,11-13H2,(H,26,32)/t16-,17+/m0/s1. The summed E-state index contributed by atoms with van der Waals surface area (Å²) in [4.78, 5) is 34.1. The number of likely N-dealkylation sites (tertiary alicyclic amines) is 1. The molecule has 11 nitrogen and oxygen atoms in total. The maximum Gasteiger partial charge on any atom is 0.451 e. The molecular weight excluding hydrogens is 503 g/mol. The second-order valence-corrected chi connectivity index (χ2v) is 11.1. The molecule has 4 rings (SSSR count). The predicted molar refractivity (Wildman–Crippen MR) is 118 cm³/mol. The second kappa shape index (κ2) is 10.3. The average Bonchev–Trinajstić information content (AvgIpc) is 3.31. The van der Waals surface area contributed by atoms with Crippen molar-refractivity contribution in [2.24, 2.45) is 11.8 Å². The van der Waals surface area contributed by atoms with Gasteiger partial charge in [-0.25, -0.2) is 9.97 Å². The van der Waals surface area contributed by atoms with E-state index in [0.717, 1.165) is 12.4 Å². The summed E-state index contributed by atoms with van der Waals surface area (Å²) in [6.45, 7) is 0.865. The van der Waals surface area contributed by atoms with E-state index in [9.17, 15) is 31.2 Å². The first-order valence-corrected chi connectivity index (χ1v) is 13.0. The molecule has 1 aromatic rings. The molecule has 0 unspecified atom stereocenters. The third-order valence-corrected chi connectivity index (χ3v) is 8.62. The Morgan fingerprint density at radius 3 is 2.39 bits per heavy atom. The van der Waals surface area contributed by atoms with E-state index in [4.69, 9.17) is 5.26 Å². The topological polar surface area (TPSA) is 140 Å². The van der Waals surface area contributed by atoms with Crippen molar-refractivity contribution in [3.8, 4) is 6.07 Å². The van der Waals surface area contributed by atoms with E-state index in [-0.39, 0.29) is 43.6 Å². The molecule has 0 radical (unpaired) electrons. The lowest BCUT2D eigenvalue weighted by Gasteiger charge is -2.41. The number of aromatic nitrogens is 2. The van der Waals surface area contributed by atoms with Crippen LogP contribution in [0.2, 0.25) is 0 Å². The first kappa shape index (κ1) is 26.2. The van der Waals surface area contributed by atoms with Crippen molar-refractivity contribution in [3.05, 3.63) is 23.8 Å². The predicted octanol–water partition coefficient (Wildman–Crippen LogP) is 0.515. The zero-order chi connectivity index (χ0) is 26.1. The third-order valence-electron chi connectivity index (χ3n) is 6.68. The van der Waals surface area contributed by atoms with Gasteiger partial charge in [0.15, 0.2) is 0 Å². The molecule has 3 saturated heterocycles. The maximum absolute atomic E-state index is 13.3. The van der Waals surface area contributed by atoms with Crippen molar-refractivity contribution in [2.45, 2.75) is 44.4 Å². The number of nitriles is 1. The minimum absolute atomic E-state index is 0.0165. The molecule has 3 fully saturated rings. The van der Waals surface area contributed by atoms with E-state index < -0.39 is 40.1 Å². The number of alkyl halides is 3. The summed E-state index contributed by atoms with van der Waals surface area (Å²) in [5.41, 5.74) is 0.282. The van der Waals surface area contributed by atoms with Crippen molar-refractivity contribution in [3.63, 3.8) is 0 Å². The minimum Gasteiger partial charge on any atom is -0.350 e. The van der Waals surface area contributed by atoms with E-state index >= 15 is 0 Å². The summed E-state index contributed by atoms with van der Waals surface area (Å²) in [5, 5.41) is 11.5. The lowest BCUT2D eigenvalue weighted by atomic mass is 9.97. The SMILES string of the molecule is N#CC1CN(S(=O)(=O)N2CCC[C@H](C(=O)N3CCC[C@@H]3C(=O)NCc3cnc(C(F)(F)F)nc3)C2)C1. The van der Waals surface area contributed by atoms with Crippen LogP contribution in [0.5, 0.6) is 0 Å². The van der Waals surface area contributed by atoms with Gasteiger partial charge in [-0.05, 0) is 25.7 Å². The van der Waals surface area contributed by atoms with Crippen molar-refractivity contribution in [1.29, 1.82) is 5.26 Å². The Morgan fingerprint density at radius 1 is 1.08 bits per heavy atom. The Bertz CT molecular complexity index is 1130. The van der Waals surface area contributed by atoms with Gasteiger partial charge in [-0.1, -0.05) is 0 Å². The molecule has 196 valence electrons. The van der Waals surface area contributed by atoms with E-state index in [1.54, 1.807) is 0 Å². The van der Waals surface area contributed by atoms with E-state index in [2.05, 4.69) is 15.3 Å². The normalized spacial score (nSPS) is 24.2. The number of amides is 2. The van der Waals surface area contributed by atoms with Gasteiger partial charge in [-0.15, -0.1) is 0 Å². The van der Waals surface area contributed by atoms with Crippen LogP contribution in [0, 0.1) is 23.2 Å². The maximum atomic E-state index is 13.3. The van der Waals surface area contributed by atoms with E-state index in [1.807, 2.05) is 6.07 Å². The average molecular weight is 530 g/mol. The Morgan fingerprint density at radius 2 is 1.75 bits per heavy atom. The van der Waals surface area contributed by atoms with E-state index in [1.165, 1.54) is 13.5 Å². The summed E-state index contributed by atoms with van der Waals surface area (Å²) in [5.74, 6) is -2.90.